The standard InChI is InChI=1S/C7H8O3S.C5H12O3/c1-6-2-4-7(5-3-6)11(8,9)10;1-4-8-5(2,6)7-3/h2-5H,1H3,(H,8,9,10);6H,4H2,1-3H3. The van der Waals surface area contributed by atoms with E-state index in [4.69, 9.17) is 14.4 Å². The maximum absolute atomic E-state index is 10.5. The summed E-state index contributed by atoms with van der Waals surface area (Å²) in [5.74, 6) is -1.41. The molecular formula is C12H20O6S. The number of methoxy groups -OCH3 is 1. The molecule has 1 aromatic carbocycles. The minimum absolute atomic E-state index is 0.0666. The van der Waals surface area contributed by atoms with Gasteiger partial charge in [0.25, 0.3) is 16.1 Å². The van der Waals surface area contributed by atoms with Gasteiger partial charge < -0.3 is 14.6 Å². The van der Waals surface area contributed by atoms with Gasteiger partial charge in [-0.2, -0.15) is 8.42 Å². The summed E-state index contributed by atoms with van der Waals surface area (Å²) in [6.07, 6.45) is 0. The van der Waals surface area contributed by atoms with Crippen molar-refractivity contribution in [1.82, 2.24) is 0 Å². The molecular weight excluding hydrogens is 272 g/mol. The number of rotatable bonds is 4. The van der Waals surface area contributed by atoms with Crippen LogP contribution in [-0.4, -0.2) is 37.8 Å². The minimum Gasteiger partial charge on any atom is -0.344 e. The fourth-order valence-corrected chi connectivity index (χ4v) is 1.52. The summed E-state index contributed by atoms with van der Waals surface area (Å²) < 4.78 is 38.8. The number of hydrogen-bond donors (Lipinski definition) is 2. The van der Waals surface area contributed by atoms with Crippen molar-refractivity contribution < 1.29 is 27.6 Å². The van der Waals surface area contributed by atoms with Gasteiger partial charge in [-0.1, -0.05) is 17.7 Å². The van der Waals surface area contributed by atoms with Crippen LogP contribution >= 0.6 is 0 Å². The molecule has 0 aliphatic carbocycles. The molecule has 0 aliphatic rings. The van der Waals surface area contributed by atoms with E-state index in [1.165, 1.54) is 26.2 Å². The molecule has 110 valence electrons. The van der Waals surface area contributed by atoms with Gasteiger partial charge in [-0.05, 0) is 26.0 Å². The average Bonchev–Trinajstić information content (AvgIpc) is 2.29. The molecule has 19 heavy (non-hydrogen) atoms. The number of aliphatic hydroxyl groups is 1. The molecule has 0 aliphatic heterocycles. The molecule has 0 radical (unpaired) electrons. The summed E-state index contributed by atoms with van der Waals surface area (Å²) in [5, 5.41) is 8.88. The zero-order chi connectivity index (χ0) is 15.1. The SMILES string of the molecule is CCOC(C)(O)OC.Cc1ccc(S(=O)(=O)O)cc1. The zero-order valence-corrected chi connectivity index (χ0v) is 12.3. The van der Waals surface area contributed by atoms with E-state index in [1.807, 2.05) is 6.92 Å². The van der Waals surface area contributed by atoms with Gasteiger partial charge in [0.2, 0.25) is 0 Å². The van der Waals surface area contributed by atoms with Crippen molar-refractivity contribution >= 4 is 10.1 Å². The number of hydrogen-bond acceptors (Lipinski definition) is 5. The predicted molar refractivity (Wildman–Crippen MR) is 70.3 cm³/mol. The predicted octanol–water partition coefficient (Wildman–Crippen LogP) is 1.58. The van der Waals surface area contributed by atoms with E-state index in [0.717, 1.165) is 5.56 Å². The van der Waals surface area contributed by atoms with Gasteiger partial charge in [0.05, 0.1) is 4.90 Å². The van der Waals surface area contributed by atoms with E-state index < -0.39 is 16.1 Å². The van der Waals surface area contributed by atoms with Gasteiger partial charge in [-0.3, -0.25) is 4.55 Å². The maximum Gasteiger partial charge on any atom is 0.294 e. The first-order valence-corrected chi connectivity index (χ1v) is 7.02. The summed E-state index contributed by atoms with van der Waals surface area (Å²) >= 11 is 0. The monoisotopic (exact) mass is 292 g/mol. The lowest BCUT2D eigenvalue weighted by Gasteiger charge is -2.19. The van der Waals surface area contributed by atoms with Gasteiger partial charge in [0.15, 0.2) is 0 Å². The first-order chi connectivity index (χ1) is 8.62. The molecule has 0 amide bonds. The van der Waals surface area contributed by atoms with Crippen LogP contribution in [-0.2, 0) is 19.6 Å². The Morgan fingerprint density at radius 2 is 1.74 bits per heavy atom. The van der Waals surface area contributed by atoms with E-state index in [-0.39, 0.29) is 4.90 Å². The Labute approximate surface area is 113 Å². The van der Waals surface area contributed by atoms with Crippen LogP contribution in [0.2, 0.25) is 0 Å². The highest BCUT2D eigenvalue weighted by atomic mass is 32.2. The molecule has 6 nitrogen and oxygen atoms in total. The molecule has 1 aromatic rings. The average molecular weight is 292 g/mol. The number of ether oxygens (including phenoxy) is 2. The maximum atomic E-state index is 10.5. The Hall–Kier alpha value is -0.990. The highest BCUT2D eigenvalue weighted by Crippen LogP contribution is 2.08. The van der Waals surface area contributed by atoms with Crippen molar-refractivity contribution in [2.75, 3.05) is 13.7 Å². The molecule has 0 saturated carbocycles. The van der Waals surface area contributed by atoms with Crippen LogP contribution in [0, 0.1) is 6.92 Å². The molecule has 0 aromatic heterocycles. The molecule has 7 heteroatoms. The van der Waals surface area contributed by atoms with Crippen molar-refractivity contribution in [3.63, 3.8) is 0 Å². The molecule has 2 N–H and O–H groups in total. The van der Waals surface area contributed by atoms with Crippen LogP contribution in [0.1, 0.15) is 19.4 Å². The lowest BCUT2D eigenvalue weighted by atomic mass is 10.2. The normalized spacial score (nSPS) is 14.2. The summed E-state index contributed by atoms with van der Waals surface area (Å²) in [7, 11) is -2.63. The van der Waals surface area contributed by atoms with Crippen LogP contribution in [0.15, 0.2) is 29.2 Å². The summed E-state index contributed by atoms with van der Waals surface area (Å²) in [5.41, 5.74) is 0.956. The molecule has 0 bridgehead atoms. The minimum atomic E-state index is -4.02. The first-order valence-electron chi connectivity index (χ1n) is 5.58. The highest BCUT2D eigenvalue weighted by molar-refractivity contribution is 7.85. The first kappa shape index (κ1) is 18.0. The van der Waals surface area contributed by atoms with E-state index in [1.54, 1.807) is 19.1 Å². The van der Waals surface area contributed by atoms with E-state index in [0.29, 0.717) is 6.61 Å². The van der Waals surface area contributed by atoms with Crippen molar-refractivity contribution in [3.8, 4) is 0 Å². The van der Waals surface area contributed by atoms with Crippen molar-refractivity contribution in [3.05, 3.63) is 29.8 Å². The fourth-order valence-electron chi connectivity index (χ4n) is 1.04. The smallest absolute Gasteiger partial charge is 0.294 e. The molecule has 0 heterocycles. The Morgan fingerprint density at radius 1 is 1.26 bits per heavy atom. The topological polar surface area (TPSA) is 93.1 Å². The highest BCUT2D eigenvalue weighted by Gasteiger charge is 2.17. The van der Waals surface area contributed by atoms with Gasteiger partial charge in [-0.15, -0.1) is 0 Å². The van der Waals surface area contributed by atoms with Gasteiger partial charge in [-0.25, -0.2) is 0 Å². The number of benzene rings is 1. The van der Waals surface area contributed by atoms with E-state index in [9.17, 15) is 8.42 Å². The van der Waals surface area contributed by atoms with Crippen LogP contribution in [0.5, 0.6) is 0 Å². The van der Waals surface area contributed by atoms with Crippen LogP contribution in [0.4, 0.5) is 0 Å². The van der Waals surface area contributed by atoms with Crippen molar-refractivity contribution in [2.24, 2.45) is 0 Å². The second-order valence-electron chi connectivity index (χ2n) is 3.82. The Morgan fingerprint density at radius 3 is 2.00 bits per heavy atom. The summed E-state index contributed by atoms with van der Waals surface area (Å²) in [4.78, 5) is -0.0666. The van der Waals surface area contributed by atoms with Crippen molar-refractivity contribution in [1.29, 1.82) is 0 Å². The second kappa shape index (κ2) is 7.56. The lowest BCUT2D eigenvalue weighted by Crippen LogP contribution is -2.30. The third-order valence-corrected chi connectivity index (χ3v) is 2.98. The molecule has 0 fully saturated rings. The zero-order valence-electron chi connectivity index (χ0n) is 11.5. The van der Waals surface area contributed by atoms with Crippen LogP contribution < -0.4 is 0 Å². The van der Waals surface area contributed by atoms with Gasteiger partial charge in [0.1, 0.15) is 0 Å². The summed E-state index contributed by atoms with van der Waals surface area (Å²) in [6.45, 7) is 5.51. The Bertz CT molecular complexity index is 463. The molecule has 1 unspecified atom stereocenters. The lowest BCUT2D eigenvalue weighted by molar-refractivity contribution is -0.336. The quantitative estimate of drug-likeness (QED) is 0.646. The van der Waals surface area contributed by atoms with Gasteiger partial charge in [0, 0.05) is 20.6 Å². The third-order valence-electron chi connectivity index (χ3n) is 2.11. The summed E-state index contributed by atoms with van der Waals surface area (Å²) in [6, 6.07) is 5.99. The van der Waals surface area contributed by atoms with E-state index >= 15 is 0 Å². The largest absolute Gasteiger partial charge is 0.344 e. The third kappa shape index (κ3) is 7.91. The Kier molecular flexibility index (Phi) is 7.17. The molecule has 1 atom stereocenters. The second-order valence-corrected chi connectivity index (χ2v) is 5.24. The van der Waals surface area contributed by atoms with Crippen molar-refractivity contribution in [2.45, 2.75) is 31.6 Å². The van der Waals surface area contributed by atoms with Crippen LogP contribution in [0.25, 0.3) is 0 Å². The van der Waals surface area contributed by atoms with Crippen LogP contribution in [0.3, 0.4) is 0 Å². The number of aryl methyl sites for hydroxylation is 1. The molecule has 1 rings (SSSR count). The molecule has 0 saturated heterocycles. The van der Waals surface area contributed by atoms with E-state index in [2.05, 4.69) is 4.74 Å². The fraction of sp³-hybridized carbons (Fsp3) is 0.500. The Balaban J connectivity index is 0.000000362. The molecule has 0 spiro atoms. The van der Waals surface area contributed by atoms with Gasteiger partial charge >= 0.3 is 0 Å².